The van der Waals surface area contributed by atoms with E-state index >= 15 is 0 Å². The van der Waals surface area contributed by atoms with Gasteiger partial charge in [0.15, 0.2) is 0 Å². The number of nitrogens with zero attached hydrogens (tertiary/aromatic N) is 1. The number of hydrogen-bond donors (Lipinski definition) is 1. The summed E-state index contributed by atoms with van der Waals surface area (Å²) in [5, 5.41) is 3.00. The minimum atomic E-state index is -0.681. The van der Waals surface area contributed by atoms with Crippen LogP contribution in [0.2, 0.25) is 0 Å². The van der Waals surface area contributed by atoms with E-state index in [0.717, 1.165) is 45.2 Å². The lowest BCUT2D eigenvalue weighted by atomic mass is 9.97. The highest BCUT2D eigenvalue weighted by molar-refractivity contribution is 6.08. The lowest BCUT2D eigenvalue weighted by Gasteiger charge is -2.33. The van der Waals surface area contributed by atoms with Gasteiger partial charge >= 0.3 is 0 Å². The number of piperidine rings is 1. The average molecular weight is 250 g/mol. The van der Waals surface area contributed by atoms with Crippen molar-refractivity contribution < 1.29 is 9.59 Å². The third-order valence-electron chi connectivity index (χ3n) is 4.45. The third-order valence-corrected chi connectivity index (χ3v) is 4.45. The van der Waals surface area contributed by atoms with Crippen LogP contribution in [0.5, 0.6) is 0 Å². The molecule has 3 rings (SSSR count). The van der Waals surface area contributed by atoms with Crippen LogP contribution in [0.4, 0.5) is 0 Å². The van der Waals surface area contributed by atoms with Gasteiger partial charge in [0.05, 0.1) is 0 Å². The van der Waals surface area contributed by atoms with E-state index in [1.165, 1.54) is 6.42 Å². The smallest absolute Gasteiger partial charge is 0.238 e. The molecule has 3 aliphatic rings. The number of carbonyl (C=O) groups excluding carboxylic acids is 2. The van der Waals surface area contributed by atoms with Crippen molar-refractivity contribution in [3.63, 3.8) is 0 Å². The van der Waals surface area contributed by atoms with Crippen LogP contribution in [-0.2, 0) is 9.59 Å². The van der Waals surface area contributed by atoms with Crippen molar-refractivity contribution in [2.45, 2.75) is 51.5 Å². The topological polar surface area (TPSA) is 49.4 Å². The summed E-state index contributed by atoms with van der Waals surface area (Å²) in [6.07, 6.45) is 5.93. The molecule has 100 valence electrons. The molecule has 0 spiro atoms. The van der Waals surface area contributed by atoms with Gasteiger partial charge in [0.25, 0.3) is 0 Å². The molecule has 1 heterocycles. The molecule has 1 atom stereocenters. The fourth-order valence-electron chi connectivity index (χ4n) is 2.89. The second-order valence-corrected chi connectivity index (χ2v) is 6.33. The molecule has 2 amide bonds. The summed E-state index contributed by atoms with van der Waals surface area (Å²) < 4.78 is 0. The van der Waals surface area contributed by atoms with Crippen molar-refractivity contribution >= 4 is 11.8 Å². The van der Waals surface area contributed by atoms with Gasteiger partial charge in [-0.2, -0.15) is 0 Å². The van der Waals surface area contributed by atoms with Gasteiger partial charge in [-0.1, -0.05) is 6.92 Å². The van der Waals surface area contributed by atoms with Gasteiger partial charge in [-0.3, -0.25) is 9.59 Å². The Morgan fingerprint density at radius 3 is 2.50 bits per heavy atom. The van der Waals surface area contributed by atoms with E-state index in [4.69, 9.17) is 0 Å². The maximum absolute atomic E-state index is 12.5. The van der Waals surface area contributed by atoms with Crippen LogP contribution in [-0.4, -0.2) is 35.8 Å². The molecule has 1 saturated heterocycles. The van der Waals surface area contributed by atoms with Crippen LogP contribution < -0.4 is 5.32 Å². The Kier molecular flexibility index (Phi) is 2.83. The highest BCUT2D eigenvalue weighted by Gasteiger charge is 2.58. The number of likely N-dealkylation sites (tertiary alicyclic amines) is 1. The van der Waals surface area contributed by atoms with Gasteiger partial charge < -0.3 is 10.2 Å². The van der Waals surface area contributed by atoms with Crippen molar-refractivity contribution in [2.75, 3.05) is 13.1 Å². The van der Waals surface area contributed by atoms with Crippen molar-refractivity contribution in [3.05, 3.63) is 0 Å². The first-order valence-corrected chi connectivity index (χ1v) is 7.22. The van der Waals surface area contributed by atoms with Crippen LogP contribution in [0.15, 0.2) is 0 Å². The molecule has 0 aromatic heterocycles. The van der Waals surface area contributed by atoms with Crippen LogP contribution in [0.25, 0.3) is 0 Å². The zero-order chi connectivity index (χ0) is 12.8. The summed E-state index contributed by atoms with van der Waals surface area (Å²) >= 11 is 0. The van der Waals surface area contributed by atoms with Gasteiger partial charge in [0.1, 0.15) is 5.41 Å². The van der Waals surface area contributed by atoms with E-state index in [9.17, 15) is 9.59 Å². The quantitative estimate of drug-likeness (QED) is 0.768. The van der Waals surface area contributed by atoms with E-state index in [1.807, 2.05) is 4.90 Å². The minimum absolute atomic E-state index is 0.00627. The van der Waals surface area contributed by atoms with Gasteiger partial charge in [-0.15, -0.1) is 0 Å². The maximum Gasteiger partial charge on any atom is 0.238 e. The summed E-state index contributed by atoms with van der Waals surface area (Å²) in [4.78, 5) is 26.6. The molecular weight excluding hydrogens is 228 g/mol. The van der Waals surface area contributed by atoms with E-state index < -0.39 is 5.41 Å². The highest BCUT2D eigenvalue weighted by atomic mass is 16.2. The van der Waals surface area contributed by atoms with Crippen molar-refractivity contribution in [3.8, 4) is 0 Å². The van der Waals surface area contributed by atoms with E-state index in [0.29, 0.717) is 12.0 Å². The summed E-state index contributed by atoms with van der Waals surface area (Å²) in [7, 11) is 0. The molecule has 4 heteroatoms. The van der Waals surface area contributed by atoms with Crippen LogP contribution in [0.3, 0.4) is 0 Å². The average Bonchev–Trinajstić information content (AvgIpc) is 3.22. The summed E-state index contributed by atoms with van der Waals surface area (Å²) in [5.74, 6) is 0.658. The molecule has 2 saturated carbocycles. The van der Waals surface area contributed by atoms with Crippen LogP contribution in [0, 0.1) is 11.3 Å². The predicted octanol–water partition coefficient (Wildman–Crippen LogP) is 1.30. The number of carbonyl (C=O) groups is 2. The Morgan fingerprint density at radius 1 is 1.22 bits per heavy atom. The van der Waals surface area contributed by atoms with E-state index in [-0.39, 0.29) is 11.8 Å². The Hall–Kier alpha value is -1.06. The number of amides is 2. The second kappa shape index (κ2) is 4.25. The molecule has 1 N–H and O–H groups in total. The first-order chi connectivity index (χ1) is 8.62. The maximum atomic E-state index is 12.5. The first kappa shape index (κ1) is 12.0. The highest BCUT2D eigenvalue weighted by Crippen LogP contribution is 2.48. The molecular formula is C14H22N2O2. The number of hydrogen-bond acceptors (Lipinski definition) is 2. The summed E-state index contributed by atoms with van der Waals surface area (Å²) in [5.41, 5.74) is -0.681. The molecule has 0 radical (unpaired) electrons. The van der Waals surface area contributed by atoms with E-state index in [1.54, 1.807) is 0 Å². The van der Waals surface area contributed by atoms with Gasteiger partial charge in [0, 0.05) is 19.1 Å². The molecule has 0 bridgehead atoms. The molecule has 2 aliphatic carbocycles. The molecule has 3 fully saturated rings. The Morgan fingerprint density at radius 2 is 1.94 bits per heavy atom. The number of rotatable bonds is 3. The van der Waals surface area contributed by atoms with E-state index in [2.05, 4.69) is 12.2 Å². The lowest BCUT2D eigenvalue weighted by Crippen LogP contribution is -2.48. The normalized spacial score (nSPS) is 29.8. The first-order valence-electron chi connectivity index (χ1n) is 7.22. The van der Waals surface area contributed by atoms with Gasteiger partial charge in [-0.25, -0.2) is 0 Å². The zero-order valence-corrected chi connectivity index (χ0v) is 11.1. The monoisotopic (exact) mass is 250 g/mol. The van der Waals surface area contributed by atoms with Crippen molar-refractivity contribution in [2.24, 2.45) is 11.3 Å². The largest absolute Gasteiger partial charge is 0.352 e. The fourth-order valence-corrected chi connectivity index (χ4v) is 2.89. The van der Waals surface area contributed by atoms with Crippen LogP contribution in [0.1, 0.15) is 45.4 Å². The minimum Gasteiger partial charge on any atom is -0.352 e. The summed E-state index contributed by atoms with van der Waals surface area (Å²) in [6.45, 7) is 3.85. The predicted molar refractivity (Wildman–Crippen MR) is 67.8 cm³/mol. The molecule has 4 nitrogen and oxygen atoms in total. The SMILES string of the molecule is CC1CCCN(C(=O)C2(C(=O)NC3CC3)CC2)C1. The van der Waals surface area contributed by atoms with Crippen LogP contribution >= 0.6 is 0 Å². The summed E-state index contributed by atoms with van der Waals surface area (Å²) in [6, 6.07) is 0.350. The standard InChI is InChI=1S/C14H22N2O2/c1-10-3-2-8-16(9-10)13(18)14(6-7-14)12(17)15-11-4-5-11/h10-11H,2-9H2,1H3,(H,15,17). The molecule has 0 aromatic carbocycles. The van der Waals surface area contributed by atoms with Gasteiger partial charge in [0.2, 0.25) is 11.8 Å². The third kappa shape index (κ3) is 2.13. The second-order valence-electron chi connectivity index (χ2n) is 6.33. The molecule has 18 heavy (non-hydrogen) atoms. The van der Waals surface area contributed by atoms with Crippen molar-refractivity contribution in [1.82, 2.24) is 10.2 Å². The Bertz CT molecular complexity index is 372. The molecule has 1 aliphatic heterocycles. The molecule has 0 aromatic rings. The Balaban J connectivity index is 1.65. The lowest BCUT2D eigenvalue weighted by molar-refractivity contribution is -0.145. The number of nitrogens with one attached hydrogen (secondary N) is 1. The zero-order valence-electron chi connectivity index (χ0n) is 11.1. The molecule has 1 unspecified atom stereocenters. The van der Waals surface area contributed by atoms with Crippen molar-refractivity contribution in [1.29, 1.82) is 0 Å². The van der Waals surface area contributed by atoms with Gasteiger partial charge in [-0.05, 0) is 44.4 Å². The fraction of sp³-hybridized carbons (Fsp3) is 0.857. The Labute approximate surface area is 108 Å².